The Morgan fingerprint density at radius 2 is 1.44 bits per heavy atom. The van der Waals surface area contributed by atoms with E-state index in [0.29, 0.717) is 34.7 Å². The maximum Gasteiger partial charge on any atom is 0.227 e. The van der Waals surface area contributed by atoms with Gasteiger partial charge in [0.25, 0.3) is 0 Å². The van der Waals surface area contributed by atoms with Crippen molar-refractivity contribution in [2.45, 2.75) is 59.3 Å². The number of benzene rings is 2. The first-order chi connectivity index (χ1) is 11.8. The molecule has 0 unspecified atom stereocenters. The zero-order valence-electron chi connectivity index (χ0n) is 15.9. The lowest BCUT2D eigenvalue weighted by molar-refractivity contribution is 0.476. The normalized spacial score (nSPS) is 12.0. The van der Waals surface area contributed by atoms with Gasteiger partial charge in [-0.1, -0.05) is 53.7 Å². The molecule has 1 N–H and O–H groups in total. The van der Waals surface area contributed by atoms with Gasteiger partial charge in [0.1, 0.15) is 11.3 Å². The maximum absolute atomic E-state index is 9.71. The van der Waals surface area contributed by atoms with Crippen LogP contribution in [0.15, 0.2) is 34.7 Å². The summed E-state index contributed by atoms with van der Waals surface area (Å²) in [5.41, 5.74) is 6.38. The highest BCUT2D eigenvalue weighted by atomic mass is 16.3. The molecule has 3 nitrogen and oxygen atoms in total. The molecule has 0 aliphatic rings. The number of aromatic hydroxyl groups is 1. The van der Waals surface area contributed by atoms with Gasteiger partial charge in [-0.05, 0) is 46.6 Å². The molecule has 1 heterocycles. The Kier molecular flexibility index (Phi) is 4.59. The van der Waals surface area contributed by atoms with Crippen molar-refractivity contribution in [2.75, 3.05) is 0 Å². The molecule has 25 heavy (non-hydrogen) atoms. The van der Waals surface area contributed by atoms with E-state index >= 15 is 0 Å². The van der Waals surface area contributed by atoms with E-state index in [2.05, 4.69) is 58.7 Å². The van der Waals surface area contributed by atoms with Crippen molar-refractivity contribution in [2.24, 2.45) is 0 Å². The van der Waals surface area contributed by atoms with Crippen LogP contribution in [0.1, 0.15) is 76.0 Å². The van der Waals surface area contributed by atoms with Crippen LogP contribution in [0.3, 0.4) is 0 Å². The fraction of sp³-hybridized carbons (Fsp3) is 0.409. The number of hydrogen-bond donors (Lipinski definition) is 1. The monoisotopic (exact) mass is 337 g/mol. The number of fused-ring (bicyclic) bond motifs is 1. The van der Waals surface area contributed by atoms with E-state index in [-0.39, 0.29) is 5.75 Å². The standard InChI is InChI=1S/C22H27NO2/c1-12(2)15-9-17(13(3)4)21(18(10-15)14(5)6)22-23-19-11-16(24)7-8-20(19)25-22/h7-14,24H,1-6H3. The molecule has 1 aromatic heterocycles. The summed E-state index contributed by atoms with van der Waals surface area (Å²) in [5, 5.41) is 9.71. The Labute approximate surface area is 149 Å². The summed E-state index contributed by atoms with van der Waals surface area (Å²) in [6, 6.07) is 9.64. The minimum absolute atomic E-state index is 0.204. The summed E-state index contributed by atoms with van der Waals surface area (Å²) in [6.07, 6.45) is 0. The molecule has 0 aliphatic heterocycles. The largest absolute Gasteiger partial charge is 0.508 e. The first kappa shape index (κ1) is 17.5. The lowest BCUT2D eigenvalue weighted by Gasteiger charge is -2.21. The van der Waals surface area contributed by atoms with E-state index in [9.17, 15) is 5.11 Å². The van der Waals surface area contributed by atoms with Crippen LogP contribution in [0, 0.1) is 0 Å². The Bertz CT molecular complexity index is 875. The van der Waals surface area contributed by atoms with E-state index in [0.717, 1.165) is 5.56 Å². The number of oxazole rings is 1. The minimum atomic E-state index is 0.204. The van der Waals surface area contributed by atoms with Crippen molar-refractivity contribution >= 4 is 11.1 Å². The molecule has 0 bridgehead atoms. The van der Waals surface area contributed by atoms with Crippen LogP contribution < -0.4 is 0 Å². The molecule has 3 aromatic rings. The molecule has 0 amide bonds. The smallest absolute Gasteiger partial charge is 0.227 e. The molecule has 0 aliphatic carbocycles. The Morgan fingerprint density at radius 3 is 1.96 bits per heavy atom. The highest BCUT2D eigenvalue weighted by Gasteiger charge is 2.22. The van der Waals surface area contributed by atoms with Crippen molar-refractivity contribution in [3.05, 3.63) is 47.0 Å². The van der Waals surface area contributed by atoms with Gasteiger partial charge in [-0.15, -0.1) is 0 Å². The second-order valence-corrected chi connectivity index (χ2v) is 7.71. The number of rotatable bonds is 4. The Hall–Kier alpha value is -2.29. The lowest BCUT2D eigenvalue weighted by Crippen LogP contribution is -2.03. The first-order valence-electron chi connectivity index (χ1n) is 9.05. The van der Waals surface area contributed by atoms with E-state index in [1.54, 1.807) is 18.2 Å². The first-order valence-corrected chi connectivity index (χ1v) is 9.05. The topological polar surface area (TPSA) is 46.3 Å². The Morgan fingerprint density at radius 1 is 0.840 bits per heavy atom. The molecule has 3 rings (SSSR count). The van der Waals surface area contributed by atoms with Gasteiger partial charge < -0.3 is 9.52 Å². The highest BCUT2D eigenvalue weighted by Crippen LogP contribution is 2.39. The van der Waals surface area contributed by atoms with Crippen LogP contribution >= 0.6 is 0 Å². The second-order valence-electron chi connectivity index (χ2n) is 7.71. The van der Waals surface area contributed by atoms with Gasteiger partial charge in [-0.3, -0.25) is 0 Å². The van der Waals surface area contributed by atoms with Gasteiger partial charge >= 0.3 is 0 Å². The van der Waals surface area contributed by atoms with Crippen molar-refractivity contribution < 1.29 is 9.52 Å². The molecule has 0 spiro atoms. The third-order valence-corrected chi connectivity index (χ3v) is 4.72. The van der Waals surface area contributed by atoms with E-state index in [1.807, 2.05) is 0 Å². The summed E-state index contributed by atoms with van der Waals surface area (Å²) >= 11 is 0. The number of phenols is 1. The van der Waals surface area contributed by atoms with Crippen LogP contribution in [0.25, 0.3) is 22.6 Å². The van der Waals surface area contributed by atoms with Gasteiger partial charge in [0.15, 0.2) is 5.58 Å². The molecule has 0 saturated heterocycles. The third kappa shape index (κ3) is 3.28. The second kappa shape index (κ2) is 6.55. The van der Waals surface area contributed by atoms with Gasteiger partial charge in [0.2, 0.25) is 5.89 Å². The summed E-state index contributed by atoms with van der Waals surface area (Å²) in [4.78, 5) is 4.68. The van der Waals surface area contributed by atoms with Crippen molar-refractivity contribution in [3.63, 3.8) is 0 Å². The van der Waals surface area contributed by atoms with Crippen LogP contribution in [-0.4, -0.2) is 10.1 Å². The average Bonchev–Trinajstić information content (AvgIpc) is 2.95. The molecular weight excluding hydrogens is 310 g/mol. The Balaban J connectivity index is 2.31. The molecular formula is C22H27NO2. The van der Waals surface area contributed by atoms with Crippen LogP contribution in [-0.2, 0) is 0 Å². The summed E-state index contributed by atoms with van der Waals surface area (Å²) in [7, 11) is 0. The van der Waals surface area contributed by atoms with Crippen LogP contribution in [0.2, 0.25) is 0 Å². The van der Waals surface area contributed by atoms with Crippen LogP contribution in [0.5, 0.6) is 5.75 Å². The maximum atomic E-state index is 9.71. The third-order valence-electron chi connectivity index (χ3n) is 4.72. The van der Waals surface area contributed by atoms with Crippen molar-refractivity contribution in [1.82, 2.24) is 4.98 Å². The molecule has 0 saturated carbocycles. The summed E-state index contributed by atoms with van der Waals surface area (Å²) < 4.78 is 6.07. The summed E-state index contributed by atoms with van der Waals surface area (Å²) in [5.74, 6) is 2.06. The number of hydrogen-bond acceptors (Lipinski definition) is 3. The average molecular weight is 337 g/mol. The molecule has 0 fully saturated rings. The van der Waals surface area contributed by atoms with Crippen molar-refractivity contribution in [3.8, 4) is 17.2 Å². The molecule has 132 valence electrons. The van der Waals surface area contributed by atoms with Gasteiger partial charge in [0.05, 0.1) is 0 Å². The summed E-state index contributed by atoms with van der Waals surface area (Å²) in [6.45, 7) is 13.3. The zero-order valence-corrected chi connectivity index (χ0v) is 15.9. The quantitative estimate of drug-likeness (QED) is 0.585. The van der Waals surface area contributed by atoms with E-state index in [1.165, 1.54) is 16.7 Å². The molecule has 2 aromatic carbocycles. The van der Waals surface area contributed by atoms with Crippen molar-refractivity contribution in [1.29, 1.82) is 0 Å². The number of nitrogens with zero attached hydrogens (tertiary/aromatic N) is 1. The van der Waals surface area contributed by atoms with Crippen LogP contribution in [0.4, 0.5) is 0 Å². The van der Waals surface area contributed by atoms with E-state index < -0.39 is 0 Å². The lowest BCUT2D eigenvalue weighted by atomic mass is 9.84. The fourth-order valence-electron chi connectivity index (χ4n) is 3.23. The molecule has 0 radical (unpaired) electrons. The predicted molar refractivity (Wildman–Crippen MR) is 103 cm³/mol. The molecule has 3 heteroatoms. The molecule has 0 atom stereocenters. The highest BCUT2D eigenvalue weighted by molar-refractivity contribution is 5.79. The SMILES string of the molecule is CC(C)c1cc(C(C)C)c(-c2nc3cc(O)ccc3o2)c(C(C)C)c1. The minimum Gasteiger partial charge on any atom is -0.508 e. The van der Waals surface area contributed by atoms with E-state index in [4.69, 9.17) is 4.42 Å². The predicted octanol–water partition coefficient (Wildman–Crippen LogP) is 6.57. The number of aromatic nitrogens is 1. The van der Waals surface area contributed by atoms with Gasteiger partial charge in [0, 0.05) is 11.6 Å². The number of phenolic OH excluding ortho intramolecular Hbond substituents is 1. The fourth-order valence-corrected chi connectivity index (χ4v) is 3.23. The zero-order chi connectivity index (χ0) is 18.3. The van der Waals surface area contributed by atoms with Gasteiger partial charge in [-0.2, -0.15) is 0 Å². The van der Waals surface area contributed by atoms with Gasteiger partial charge in [-0.25, -0.2) is 4.98 Å².